The van der Waals surface area contributed by atoms with E-state index in [0.29, 0.717) is 0 Å². The second-order valence-electron chi connectivity index (χ2n) is 15.5. The number of fused-ring (bicyclic) bond motifs is 6. The third kappa shape index (κ3) is 4.44. The third-order valence-electron chi connectivity index (χ3n) is 12.2. The van der Waals surface area contributed by atoms with Crippen molar-refractivity contribution in [3.05, 3.63) is 193 Å². The molecule has 0 radical (unpaired) electrons. The van der Waals surface area contributed by atoms with Gasteiger partial charge in [0.1, 0.15) is 0 Å². The first kappa shape index (κ1) is 31.2. The number of nitrogens with zero attached hydrogens (tertiary/aromatic N) is 2. The van der Waals surface area contributed by atoms with Crippen LogP contribution < -0.4 is 0 Å². The average molecular weight is 713 g/mol. The molecular formula is C54H36N2. The van der Waals surface area contributed by atoms with Crippen LogP contribution in [0, 0.1) is 13.8 Å². The summed E-state index contributed by atoms with van der Waals surface area (Å²) in [6, 6.07) is 67.9. The van der Waals surface area contributed by atoms with Crippen LogP contribution in [0.25, 0.3) is 110 Å². The van der Waals surface area contributed by atoms with Crippen molar-refractivity contribution in [1.29, 1.82) is 0 Å². The Kier molecular flexibility index (Phi) is 6.50. The molecule has 2 aromatic heterocycles. The monoisotopic (exact) mass is 712 g/mol. The summed E-state index contributed by atoms with van der Waals surface area (Å²) in [5, 5.41) is 12.9. The molecule has 0 N–H and O–H groups in total. The molecular weight excluding hydrogens is 677 g/mol. The summed E-state index contributed by atoms with van der Waals surface area (Å²) in [7, 11) is 0. The van der Waals surface area contributed by atoms with Gasteiger partial charge in [-0.3, -0.25) is 0 Å². The number of hydrogen-bond acceptors (Lipinski definition) is 0. The summed E-state index contributed by atoms with van der Waals surface area (Å²) in [6.07, 6.45) is 0. The molecule has 12 aromatic rings. The Bertz CT molecular complexity index is 3290. The first-order valence-corrected chi connectivity index (χ1v) is 19.5. The van der Waals surface area contributed by atoms with E-state index in [0.717, 1.165) is 0 Å². The normalized spacial score (nSPS) is 12.1. The van der Waals surface area contributed by atoms with Crippen LogP contribution in [-0.4, -0.2) is 9.13 Å². The minimum Gasteiger partial charge on any atom is -0.309 e. The molecule has 0 aliphatic heterocycles. The van der Waals surface area contributed by atoms with E-state index in [2.05, 4.69) is 205 Å². The Morgan fingerprint density at radius 2 is 0.696 bits per heavy atom. The fraction of sp³-hybridized carbons (Fsp3) is 0.0370. The summed E-state index contributed by atoms with van der Waals surface area (Å²) in [6.45, 7) is 4.29. The topological polar surface area (TPSA) is 9.86 Å². The molecule has 262 valence electrons. The Labute approximate surface area is 324 Å². The van der Waals surface area contributed by atoms with E-state index in [1.54, 1.807) is 0 Å². The summed E-state index contributed by atoms with van der Waals surface area (Å²) in [5.41, 5.74) is 14.8. The highest BCUT2D eigenvalue weighted by molar-refractivity contribution is 6.28. The third-order valence-corrected chi connectivity index (χ3v) is 12.2. The summed E-state index contributed by atoms with van der Waals surface area (Å²) < 4.78 is 4.80. The van der Waals surface area contributed by atoms with Gasteiger partial charge in [-0.1, -0.05) is 132 Å². The van der Waals surface area contributed by atoms with Crippen molar-refractivity contribution in [3.8, 4) is 33.6 Å². The van der Waals surface area contributed by atoms with Crippen LogP contribution in [0.1, 0.15) is 11.1 Å². The van der Waals surface area contributed by atoms with Gasteiger partial charge in [0, 0.05) is 32.9 Å². The Morgan fingerprint density at radius 1 is 0.304 bits per heavy atom. The Hall–Kier alpha value is -7.16. The maximum atomic E-state index is 2.40. The van der Waals surface area contributed by atoms with Crippen molar-refractivity contribution < 1.29 is 0 Å². The quantitative estimate of drug-likeness (QED) is 0.161. The van der Waals surface area contributed by atoms with Crippen LogP contribution in [0.4, 0.5) is 0 Å². The zero-order chi connectivity index (χ0) is 37.1. The summed E-state index contributed by atoms with van der Waals surface area (Å²) >= 11 is 0. The molecule has 0 fully saturated rings. The first-order chi connectivity index (χ1) is 27.6. The van der Waals surface area contributed by atoms with E-state index < -0.39 is 0 Å². The predicted molar refractivity (Wildman–Crippen MR) is 239 cm³/mol. The lowest BCUT2D eigenvalue weighted by Crippen LogP contribution is -1.94. The smallest absolute Gasteiger partial charge is 0.0541 e. The number of aryl methyl sites for hydroxylation is 2. The van der Waals surface area contributed by atoms with Gasteiger partial charge < -0.3 is 9.13 Å². The van der Waals surface area contributed by atoms with Gasteiger partial charge in [-0.15, -0.1) is 0 Å². The van der Waals surface area contributed by atoms with E-state index in [9.17, 15) is 0 Å². The van der Waals surface area contributed by atoms with Crippen LogP contribution in [0.15, 0.2) is 182 Å². The number of aromatic nitrogens is 2. The van der Waals surface area contributed by atoms with E-state index in [1.165, 1.54) is 121 Å². The molecule has 2 nitrogen and oxygen atoms in total. The Balaban J connectivity index is 1.05. The summed E-state index contributed by atoms with van der Waals surface area (Å²) in [4.78, 5) is 0. The molecule has 2 heteroatoms. The zero-order valence-electron chi connectivity index (χ0n) is 31.2. The lowest BCUT2D eigenvalue weighted by molar-refractivity contribution is 1.17. The van der Waals surface area contributed by atoms with Crippen LogP contribution in [0.5, 0.6) is 0 Å². The van der Waals surface area contributed by atoms with Gasteiger partial charge in [-0.25, -0.2) is 0 Å². The highest BCUT2D eigenvalue weighted by Gasteiger charge is 2.19. The van der Waals surface area contributed by atoms with Crippen LogP contribution >= 0.6 is 0 Å². The van der Waals surface area contributed by atoms with Gasteiger partial charge in [-0.05, 0) is 129 Å². The molecule has 0 atom stereocenters. The SMILES string of the molecule is Cc1ccc(-n2c3ccccc3c3cc(-c4ccc5ccc6c(-c7ccc8c(c7)c7ccccc7n8-c7ccc(C)cc7)ccc7ccc4c5c76)ccc32)cc1. The second-order valence-corrected chi connectivity index (χ2v) is 15.5. The first-order valence-electron chi connectivity index (χ1n) is 19.5. The average Bonchev–Trinajstić information content (AvgIpc) is 3.75. The maximum Gasteiger partial charge on any atom is 0.0541 e. The van der Waals surface area contributed by atoms with Gasteiger partial charge in [0.2, 0.25) is 0 Å². The van der Waals surface area contributed by atoms with Crippen LogP contribution in [0.3, 0.4) is 0 Å². The molecule has 56 heavy (non-hydrogen) atoms. The fourth-order valence-electron chi connectivity index (χ4n) is 9.53. The second kappa shape index (κ2) is 11.7. The van der Waals surface area contributed by atoms with Crippen molar-refractivity contribution >= 4 is 75.9 Å². The zero-order valence-corrected chi connectivity index (χ0v) is 31.2. The molecule has 10 aromatic carbocycles. The van der Waals surface area contributed by atoms with Gasteiger partial charge in [0.05, 0.1) is 22.1 Å². The molecule has 0 unspecified atom stereocenters. The maximum absolute atomic E-state index is 2.40. The molecule has 0 amide bonds. The van der Waals surface area contributed by atoms with Crippen molar-refractivity contribution in [2.75, 3.05) is 0 Å². The number of rotatable bonds is 4. The van der Waals surface area contributed by atoms with Gasteiger partial charge in [-0.2, -0.15) is 0 Å². The minimum atomic E-state index is 1.18. The number of para-hydroxylation sites is 2. The van der Waals surface area contributed by atoms with Gasteiger partial charge >= 0.3 is 0 Å². The van der Waals surface area contributed by atoms with Crippen molar-refractivity contribution in [2.45, 2.75) is 13.8 Å². The molecule has 0 bridgehead atoms. The molecule has 0 aliphatic rings. The predicted octanol–water partition coefficient (Wildman–Crippen LogP) is 14.7. The molecule has 0 saturated carbocycles. The molecule has 0 aliphatic carbocycles. The molecule has 0 saturated heterocycles. The highest BCUT2D eigenvalue weighted by atomic mass is 15.0. The fourth-order valence-corrected chi connectivity index (χ4v) is 9.53. The standard InChI is InChI=1S/C54H36N2/c1-33-11-21-39(22-12-33)55-49-9-5-3-7-43(49)47-31-37(19-29-51(47)55)41-25-15-35-18-28-46-42(26-16-36-17-27-45(41)53(35)54(36)46)38-20-30-52-48(32-38)44-8-4-6-10-50(44)56(52)40-23-13-34(2)14-24-40/h3-32H,1-2H3. The van der Waals surface area contributed by atoms with Crippen molar-refractivity contribution in [2.24, 2.45) is 0 Å². The molecule has 2 heterocycles. The van der Waals surface area contributed by atoms with Crippen molar-refractivity contribution in [1.82, 2.24) is 9.13 Å². The number of benzene rings is 10. The van der Waals surface area contributed by atoms with E-state index in [4.69, 9.17) is 0 Å². The lowest BCUT2D eigenvalue weighted by Gasteiger charge is -2.17. The Morgan fingerprint density at radius 3 is 1.14 bits per heavy atom. The minimum absolute atomic E-state index is 1.18. The molecule has 0 spiro atoms. The van der Waals surface area contributed by atoms with Gasteiger partial charge in [0.15, 0.2) is 0 Å². The largest absolute Gasteiger partial charge is 0.309 e. The van der Waals surface area contributed by atoms with Crippen LogP contribution in [-0.2, 0) is 0 Å². The van der Waals surface area contributed by atoms with E-state index in [-0.39, 0.29) is 0 Å². The summed E-state index contributed by atoms with van der Waals surface area (Å²) in [5.74, 6) is 0. The lowest BCUT2D eigenvalue weighted by atomic mass is 9.87. The van der Waals surface area contributed by atoms with Crippen molar-refractivity contribution in [3.63, 3.8) is 0 Å². The van der Waals surface area contributed by atoms with E-state index >= 15 is 0 Å². The number of hydrogen-bond donors (Lipinski definition) is 0. The highest BCUT2D eigenvalue weighted by Crippen LogP contribution is 2.44. The van der Waals surface area contributed by atoms with Gasteiger partial charge in [0.25, 0.3) is 0 Å². The van der Waals surface area contributed by atoms with Crippen LogP contribution in [0.2, 0.25) is 0 Å². The van der Waals surface area contributed by atoms with E-state index in [1.807, 2.05) is 0 Å². The molecule has 12 rings (SSSR count).